The molecule has 0 amide bonds. The molecule has 0 spiro atoms. The quantitative estimate of drug-likeness (QED) is 0.0353. The zero-order valence-corrected chi connectivity index (χ0v) is 42.0. The summed E-state index contributed by atoms with van der Waals surface area (Å²) in [7, 11) is 0. The van der Waals surface area contributed by atoms with Gasteiger partial charge < -0.3 is 18.9 Å². The Bertz CT molecular complexity index is 2700. The summed E-state index contributed by atoms with van der Waals surface area (Å²) in [6.45, 7) is 2.61. The van der Waals surface area contributed by atoms with Crippen molar-refractivity contribution in [2.75, 3.05) is 26.4 Å². The number of ether oxygens (including phenoxy) is 4. The number of ketones is 4. The van der Waals surface area contributed by atoms with Crippen LogP contribution in [-0.4, -0.2) is 49.6 Å². The molecule has 8 aromatic rings. The third-order valence-electron chi connectivity index (χ3n) is 12.3. The van der Waals surface area contributed by atoms with Gasteiger partial charge in [-0.2, -0.15) is 0 Å². The maximum absolute atomic E-state index is 12.5. The van der Waals surface area contributed by atoms with E-state index < -0.39 is 0 Å². The minimum Gasteiger partial charge on any atom is -0.494 e. The molecule has 0 aliphatic carbocycles. The van der Waals surface area contributed by atoms with E-state index in [4.69, 9.17) is 18.9 Å². The van der Waals surface area contributed by atoms with E-state index in [9.17, 15) is 19.2 Å². The van der Waals surface area contributed by atoms with Gasteiger partial charge in [0, 0.05) is 44.5 Å². The third kappa shape index (κ3) is 17.4. The molecule has 74 heavy (non-hydrogen) atoms. The molecule has 0 N–H and O–H groups in total. The zero-order valence-electron chi connectivity index (χ0n) is 42.0. The van der Waals surface area contributed by atoms with Crippen LogP contribution >= 0.6 is 0 Å². The summed E-state index contributed by atoms with van der Waals surface area (Å²) in [5.74, 6) is 3.20. The van der Waals surface area contributed by atoms with Gasteiger partial charge in [0.05, 0.1) is 26.4 Å². The van der Waals surface area contributed by atoms with E-state index in [1.807, 2.05) is 194 Å². The van der Waals surface area contributed by atoms with E-state index >= 15 is 0 Å². The fourth-order valence-electron chi connectivity index (χ4n) is 8.06. The van der Waals surface area contributed by atoms with Gasteiger partial charge in [-0.25, -0.2) is 0 Å². The lowest BCUT2D eigenvalue weighted by Gasteiger charge is -2.09. The molecule has 8 nitrogen and oxygen atoms in total. The minimum atomic E-state index is 0.00887. The Morgan fingerprint density at radius 3 is 0.568 bits per heavy atom. The fourth-order valence-corrected chi connectivity index (χ4v) is 8.06. The van der Waals surface area contributed by atoms with E-state index in [1.54, 1.807) is 24.3 Å². The van der Waals surface area contributed by atoms with E-state index in [-0.39, 0.29) is 23.1 Å². The van der Waals surface area contributed by atoms with Crippen LogP contribution in [0.1, 0.15) is 128 Å². The van der Waals surface area contributed by atoms with Gasteiger partial charge >= 0.3 is 0 Å². The van der Waals surface area contributed by atoms with Crippen molar-refractivity contribution in [1.29, 1.82) is 0 Å². The molecular weight excluding hydrogens is 921 g/mol. The van der Waals surface area contributed by atoms with Crippen LogP contribution in [0.5, 0.6) is 23.0 Å². The van der Waals surface area contributed by atoms with Crippen molar-refractivity contribution in [3.8, 4) is 23.0 Å². The standard InChI is InChI=1S/C35H36O4.C31H28O4/c36-34(28-14-8-6-9-15-28)30-18-22-32(23-19-30)38-26-12-4-2-1-3-5-13-27-39-33-24-20-31(21-25-33)35(37)29-16-10-7-11-17-29;32-30(24-10-4-1-5-11-24)26-14-18-28(19-15-26)34-22-8-3-9-23-35-29-20-16-27(17-21-29)31(33)25-12-6-2-7-13-25/h6-11,14-25H,1-5,12-13,26-27H2;1-2,4-7,10-21H,3,8-9,22-23H2. The second kappa shape index (κ2) is 29.9. The molecule has 8 rings (SSSR count). The average molecular weight is 985 g/mol. The Hall–Kier alpha value is -8.36. The highest BCUT2D eigenvalue weighted by atomic mass is 16.5. The van der Waals surface area contributed by atoms with Crippen molar-refractivity contribution in [2.24, 2.45) is 0 Å². The number of benzene rings is 8. The van der Waals surface area contributed by atoms with Crippen LogP contribution in [0.4, 0.5) is 0 Å². The Kier molecular flexibility index (Phi) is 21.6. The molecule has 8 aromatic carbocycles. The van der Waals surface area contributed by atoms with Crippen LogP contribution in [0, 0.1) is 0 Å². The molecule has 0 heterocycles. The zero-order chi connectivity index (χ0) is 51.4. The van der Waals surface area contributed by atoms with Crippen LogP contribution in [0.15, 0.2) is 218 Å². The highest BCUT2D eigenvalue weighted by molar-refractivity contribution is 6.10. The van der Waals surface area contributed by atoms with Crippen molar-refractivity contribution in [3.63, 3.8) is 0 Å². The van der Waals surface area contributed by atoms with E-state index in [0.29, 0.717) is 70.9 Å². The van der Waals surface area contributed by atoms with E-state index in [1.165, 1.54) is 19.3 Å². The molecule has 0 unspecified atom stereocenters. The molecule has 0 aliphatic rings. The SMILES string of the molecule is O=C(c1ccccc1)c1ccc(OCCCCCCCCCOc2ccc(C(=O)c3ccccc3)cc2)cc1.O=C(c1ccccc1)c1ccc(OCCCCCOc2ccc(C(=O)c3ccccc3)cc2)cc1. The predicted molar refractivity (Wildman–Crippen MR) is 293 cm³/mol. The molecular formula is C66H64O8. The number of hydrogen-bond donors (Lipinski definition) is 0. The Morgan fingerprint density at radius 2 is 0.365 bits per heavy atom. The summed E-state index contributed by atoms with van der Waals surface area (Å²) >= 11 is 0. The van der Waals surface area contributed by atoms with Crippen molar-refractivity contribution < 1.29 is 38.1 Å². The number of carbonyl (C=O) groups excluding carboxylic acids is 4. The number of carbonyl (C=O) groups is 4. The van der Waals surface area contributed by atoms with Gasteiger partial charge in [0.15, 0.2) is 23.1 Å². The second-order valence-corrected chi connectivity index (χ2v) is 17.8. The van der Waals surface area contributed by atoms with Crippen molar-refractivity contribution in [3.05, 3.63) is 263 Å². The molecule has 0 aliphatic heterocycles. The molecule has 0 atom stereocenters. The fraction of sp³-hybridized carbons (Fsp3) is 0.212. The topological polar surface area (TPSA) is 105 Å². The molecule has 0 saturated heterocycles. The first-order valence-electron chi connectivity index (χ1n) is 25.7. The first kappa shape index (κ1) is 53.4. The first-order valence-corrected chi connectivity index (χ1v) is 25.7. The summed E-state index contributed by atoms with van der Waals surface area (Å²) in [6.07, 6.45) is 10.8. The normalized spacial score (nSPS) is 10.6. The Balaban J connectivity index is 0.000000217. The lowest BCUT2D eigenvalue weighted by atomic mass is 10.0. The number of hydrogen-bond acceptors (Lipinski definition) is 8. The summed E-state index contributed by atoms with van der Waals surface area (Å²) in [5, 5.41) is 0. The molecule has 8 heteroatoms. The van der Waals surface area contributed by atoms with Gasteiger partial charge in [-0.1, -0.05) is 153 Å². The van der Waals surface area contributed by atoms with Gasteiger partial charge in [-0.05, 0) is 129 Å². The minimum absolute atomic E-state index is 0.00887. The second-order valence-electron chi connectivity index (χ2n) is 17.8. The molecule has 376 valence electrons. The van der Waals surface area contributed by atoms with Crippen molar-refractivity contribution in [1.82, 2.24) is 0 Å². The van der Waals surface area contributed by atoms with E-state index in [2.05, 4.69) is 0 Å². The third-order valence-corrected chi connectivity index (χ3v) is 12.3. The monoisotopic (exact) mass is 984 g/mol. The highest BCUT2D eigenvalue weighted by Gasteiger charge is 2.12. The highest BCUT2D eigenvalue weighted by Crippen LogP contribution is 2.21. The summed E-state index contributed by atoms with van der Waals surface area (Å²) in [5.41, 5.74) is 5.40. The van der Waals surface area contributed by atoms with Crippen LogP contribution in [0.25, 0.3) is 0 Å². The van der Waals surface area contributed by atoms with Gasteiger partial charge in [0.2, 0.25) is 0 Å². The summed E-state index contributed by atoms with van der Waals surface area (Å²) in [6, 6.07) is 66.5. The molecule has 0 aromatic heterocycles. The average Bonchev–Trinajstić information content (AvgIpc) is 3.47. The van der Waals surface area contributed by atoms with Crippen LogP contribution in [-0.2, 0) is 0 Å². The first-order chi connectivity index (χ1) is 36.4. The smallest absolute Gasteiger partial charge is 0.193 e. The Morgan fingerprint density at radius 1 is 0.203 bits per heavy atom. The van der Waals surface area contributed by atoms with E-state index in [0.717, 1.165) is 67.9 Å². The molecule has 0 bridgehead atoms. The van der Waals surface area contributed by atoms with Crippen LogP contribution in [0.2, 0.25) is 0 Å². The molecule has 0 fully saturated rings. The van der Waals surface area contributed by atoms with Crippen molar-refractivity contribution in [2.45, 2.75) is 64.2 Å². The predicted octanol–water partition coefficient (Wildman–Crippen LogP) is 15.1. The summed E-state index contributed by atoms with van der Waals surface area (Å²) < 4.78 is 23.3. The number of unbranched alkanes of at least 4 members (excludes halogenated alkanes) is 8. The van der Waals surface area contributed by atoms with Crippen LogP contribution in [0.3, 0.4) is 0 Å². The molecule has 0 saturated carbocycles. The van der Waals surface area contributed by atoms with Gasteiger partial charge in [0.25, 0.3) is 0 Å². The lowest BCUT2D eigenvalue weighted by Crippen LogP contribution is -2.03. The Labute approximate surface area is 436 Å². The van der Waals surface area contributed by atoms with Gasteiger partial charge in [0.1, 0.15) is 23.0 Å². The molecule has 0 radical (unpaired) electrons. The maximum Gasteiger partial charge on any atom is 0.193 e. The van der Waals surface area contributed by atoms with Crippen LogP contribution < -0.4 is 18.9 Å². The number of rotatable bonds is 28. The summed E-state index contributed by atoms with van der Waals surface area (Å²) in [4.78, 5) is 49.9. The largest absolute Gasteiger partial charge is 0.494 e. The lowest BCUT2D eigenvalue weighted by molar-refractivity contribution is 0.103. The van der Waals surface area contributed by atoms with Gasteiger partial charge in [-0.15, -0.1) is 0 Å². The van der Waals surface area contributed by atoms with Gasteiger partial charge in [-0.3, -0.25) is 19.2 Å². The van der Waals surface area contributed by atoms with Crippen molar-refractivity contribution >= 4 is 23.1 Å². The maximum atomic E-state index is 12.5.